The van der Waals surface area contributed by atoms with Gasteiger partial charge in [-0.3, -0.25) is 14.4 Å². The predicted molar refractivity (Wildman–Crippen MR) is 118 cm³/mol. The summed E-state index contributed by atoms with van der Waals surface area (Å²) in [4.78, 5) is 51.9. The molecule has 2 heterocycles. The number of esters is 1. The number of aryl methyl sites for hydroxylation is 3. The maximum atomic E-state index is 13.1. The number of benzene rings is 2. The van der Waals surface area contributed by atoms with Crippen LogP contribution in [0.1, 0.15) is 54.9 Å². The number of anilines is 2. The van der Waals surface area contributed by atoms with Gasteiger partial charge in [0, 0.05) is 6.07 Å². The van der Waals surface area contributed by atoms with Gasteiger partial charge in [-0.1, -0.05) is 17.3 Å². The molecule has 9 nitrogen and oxygen atoms in total. The molecule has 1 aromatic heterocycles. The fourth-order valence-corrected chi connectivity index (χ4v) is 3.48. The molecule has 1 aliphatic rings. The largest absolute Gasteiger partial charge is 0.449 e. The zero-order valence-electron chi connectivity index (χ0n) is 18.5. The van der Waals surface area contributed by atoms with Crippen molar-refractivity contribution in [3.05, 3.63) is 76.0 Å². The van der Waals surface area contributed by atoms with E-state index >= 15 is 0 Å². The number of fused-ring (bicyclic) bond motifs is 1. The number of ether oxygens (including phenoxy) is 1. The lowest BCUT2D eigenvalue weighted by Gasteiger charge is -2.17. The van der Waals surface area contributed by atoms with Crippen LogP contribution in [0.25, 0.3) is 0 Å². The van der Waals surface area contributed by atoms with Gasteiger partial charge in [0.15, 0.2) is 11.9 Å². The van der Waals surface area contributed by atoms with E-state index in [4.69, 9.17) is 9.26 Å². The molecule has 3 aromatic rings. The number of hydrogen-bond acceptors (Lipinski definition) is 7. The van der Waals surface area contributed by atoms with Gasteiger partial charge in [-0.25, -0.2) is 9.69 Å². The highest BCUT2D eigenvalue weighted by Gasteiger charge is 2.38. The van der Waals surface area contributed by atoms with Crippen LogP contribution in [-0.2, 0) is 9.53 Å². The lowest BCUT2D eigenvalue weighted by atomic mass is 10.1. The Hall–Kier alpha value is -4.27. The fraction of sp³-hybridized carbons (Fsp3) is 0.208. The van der Waals surface area contributed by atoms with E-state index in [-0.39, 0.29) is 22.5 Å². The number of aromatic nitrogens is 1. The number of nitrogens with zero attached hydrogens (tertiary/aromatic N) is 2. The predicted octanol–water partition coefficient (Wildman–Crippen LogP) is 3.58. The van der Waals surface area contributed by atoms with E-state index in [9.17, 15) is 19.2 Å². The molecule has 0 saturated heterocycles. The van der Waals surface area contributed by atoms with Crippen LogP contribution in [0.2, 0.25) is 0 Å². The van der Waals surface area contributed by atoms with E-state index < -0.39 is 29.8 Å². The molecule has 0 radical (unpaired) electrons. The third-order valence-electron chi connectivity index (χ3n) is 5.26. The topological polar surface area (TPSA) is 119 Å². The first-order valence-electron chi connectivity index (χ1n) is 10.2. The minimum atomic E-state index is -1.13. The van der Waals surface area contributed by atoms with Gasteiger partial charge in [0.25, 0.3) is 17.7 Å². The average molecular weight is 447 g/mol. The van der Waals surface area contributed by atoms with Crippen LogP contribution in [0.5, 0.6) is 0 Å². The van der Waals surface area contributed by atoms with Crippen LogP contribution in [0.3, 0.4) is 0 Å². The molecule has 0 spiro atoms. The summed E-state index contributed by atoms with van der Waals surface area (Å²) >= 11 is 0. The van der Waals surface area contributed by atoms with Crippen molar-refractivity contribution in [1.82, 2.24) is 5.16 Å². The van der Waals surface area contributed by atoms with Crippen LogP contribution >= 0.6 is 0 Å². The standard InChI is InChI=1S/C24H21N3O6/c1-12-5-6-13(2)19(9-12)27-22(29)17-8-7-16(11-18(17)23(27)30)24(31)32-15(4)21(28)25-20-10-14(3)33-26-20/h5-11,15H,1-4H3,(H,25,26,28)/t15-/m1/s1. The molecular weight excluding hydrogens is 426 g/mol. The quantitative estimate of drug-likeness (QED) is 0.469. The third kappa shape index (κ3) is 4.12. The van der Waals surface area contributed by atoms with E-state index in [0.29, 0.717) is 11.4 Å². The first kappa shape index (κ1) is 21.9. The van der Waals surface area contributed by atoms with Crippen molar-refractivity contribution in [2.45, 2.75) is 33.8 Å². The maximum absolute atomic E-state index is 13.1. The van der Waals surface area contributed by atoms with Crippen molar-refractivity contribution in [3.63, 3.8) is 0 Å². The maximum Gasteiger partial charge on any atom is 0.338 e. The number of nitrogens with one attached hydrogen (secondary N) is 1. The molecule has 1 aliphatic heterocycles. The summed E-state index contributed by atoms with van der Waals surface area (Å²) < 4.78 is 10.1. The van der Waals surface area contributed by atoms with Crippen molar-refractivity contribution in [3.8, 4) is 0 Å². The van der Waals surface area contributed by atoms with Crippen molar-refractivity contribution < 1.29 is 28.4 Å². The first-order chi connectivity index (χ1) is 15.7. The summed E-state index contributed by atoms with van der Waals surface area (Å²) in [5.74, 6) is -1.66. The molecule has 4 rings (SSSR count). The summed E-state index contributed by atoms with van der Waals surface area (Å²) in [6.45, 7) is 6.77. The van der Waals surface area contributed by atoms with Crippen LogP contribution in [0.4, 0.5) is 11.5 Å². The third-order valence-corrected chi connectivity index (χ3v) is 5.26. The lowest BCUT2D eigenvalue weighted by molar-refractivity contribution is -0.123. The van der Waals surface area contributed by atoms with Gasteiger partial charge in [0.1, 0.15) is 5.76 Å². The number of imide groups is 1. The molecule has 9 heteroatoms. The van der Waals surface area contributed by atoms with Gasteiger partial charge in [0.2, 0.25) is 0 Å². The van der Waals surface area contributed by atoms with Crippen molar-refractivity contribution in [2.24, 2.45) is 0 Å². The van der Waals surface area contributed by atoms with E-state index in [1.54, 1.807) is 13.0 Å². The summed E-state index contributed by atoms with van der Waals surface area (Å²) in [6, 6.07) is 11.1. The minimum absolute atomic E-state index is 0.0506. The normalized spacial score (nSPS) is 13.6. The van der Waals surface area contributed by atoms with Gasteiger partial charge in [-0.05, 0) is 63.1 Å². The molecule has 0 aliphatic carbocycles. The van der Waals surface area contributed by atoms with E-state index in [2.05, 4.69) is 10.5 Å². The Labute approximate surface area is 189 Å². The molecule has 1 N–H and O–H groups in total. The van der Waals surface area contributed by atoms with Crippen molar-refractivity contribution in [2.75, 3.05) is 10.2 Å². The zero-order valence-corrected chi connectivity index (χ0v) is 18.5. The molecule has 1 atom stereocenters. The summed E-state index contributed by atoms with van der Waals surface area (Å²) in [6.07, 6.45) is -1.13. The highest BCUT2D eigenvalue weighted by Crippen LogP contribution is 2.32. The number of rotatable bonds is 5. The second kappa shape index (κ2) is 8.34. The van der Waals surface area contributed by atoms with Gasteiger partial charge >= 0.3 is 5.97 Å². The second-order valence-corrected chi connectivity index (χ2v) is 7.86. The molecule has 0 bridgehead atoms. The molecule has 0 fully saturated rings. The fourth-order valence-electron chi connectivity index (χ4n) is 3.48. The van der Waals surface area contributed by atoms with Crippen LogP contribution in [0.15, 0.2) is 47.0 Å². The molecule has 33 heavy (non-hydrogen) atoms. The van der Waals surface area contributed by atoms with Gasteiger partial charge in [-0.2, -0.15) is 0 Å². The van der Waals surface area contributed by atoms with E-state index in [1.807, 2.05) is 26.0 Å². The Balaban J connectivity index is 1.52. The number of carbonyl (C=O) groups excluding carboxylic acids is 4. The molecule has 0 unspecified atom stereocenters. The smallest absolute Gasteiger partial charge is 0.338 e. The second-order valence-electron chi connectivity index (χ2n) is 7.86. The first-order valence-corrected chi connectivity index (χ1v) is 10.2. The van der Waals surface area contributed by atoms with Crippen molar-refractivity contribution in [1.29, 1.82) is 0 Å². The molecular formula is C24H21N3O6. The van der Waals surface area contributed by atoms with Crippen LogP contribution < -0.4 is 10.2 Å². The Morgan fingerprint density at radius 2 is 1.73 bits per heavy atom. The Kier molecular flexibility index (Phi) is 5.55. The monoisotopic (exact) mass is 447 g/mol. The van der Waals surface area contributed by atoms with Crippen LogP contribution in [-0.4, -0.2) is 35.0 Å². The number of carbonyl (C=O) groups is 4. The van der Waals surface area contributed by atoms with Gasteiger partial charge in [-0.15, -0.1) is 0 Å². The zero-order chi connectivity index (χ0) is 23.9. The SMILES string of the molecule is Cc1ccc(C)c(N2C(=O)c3ccc(C(=O)O[C@H](C)C(=O)Nc4cc(C)on4)cc3C2=O)c1. The number of amides is 3. The molecule has 0 saturated carbocycles. The Bertz CT molecular complexity index is 1310. The lowest BCUT2D eigenvalue weighted by Crippen LogP contribution is -2.30. The Morgan fingerprint density at radius 1 is 1.00 bits per heavy atom. The summed E-state index contributed by atoms with van der Waals surface area (Å²) in [5.41, 5.74) is 2.53. The van der Waals surface area contributed by atoms with Gasteiger partial charge in [0.05, 0.1) is 22.4 Å². The summed E-state index contributed by atoms with van der Waals surface area (Å²) in [5, 5.41) is 6.13. The minimum Gasteiger partial charge on any atom is -0.449 e. The average Bonchev–Trinajstić information content (AvgIpc) is 3.29. The van der Waals surface area contributed by atoms with E-state index in [0.717, 1.165) is 16.0 Å². The van der Waals surface area contributed by atoms with Crippen molar-refractivity contribution >= 4 is 35.2 Å². The van der Waals surface area contributed by atoms with E-state index in [1.165, 1.54) is 31.2 Å². The number of hydrogen-bond donors (Lipinski definition) is 1. The van der Waals surface area contributed by atoms with Gasteiger partial charge < -0.3 is 14.6 Å². The highest BCUT2D eigenvalue weighted by molar-refractivity contribution is 6.35. The van der Waals surface area contributed by atoms with Crippen LogP contribution in [0, 0.1) is 20.8 Å². The summed E-state index contributed by atoms with van der Waals surface area (Å²) in [7, 11) is 0. The molecule has 168 valence electrons. The molecule has 3 amide bonds. The molecule has 2 aromatic carbocycles. The Morgan fingerprint density at radius 3 is 2.42 bits per heavy atom. The highest BCUT2D eigenvalue weighted by atomic mass is 16.5.